The Hall–Kier alpha value is -3.55. The number of nitrogens with zero attached hydrogens (tertiary/aromatic N) is 4. The van der Waals surface area contributed by atoms with E-state index in [0.717, 1.165) is 35.5 Å². The minimum absolute atomic E-state index is 0.0948. The summed E-state index contributed by atoms with van der Waals surface area (Å²) < 4.78 is 22.6. The fourth-order valence-electron chi connectivity index (χ4n) is 4.34. The van der Waals surface area contributed by atoms with Crippen molar-refractivity contribution in [3.05, 3.63) is 47.2 Å². The average Bonchev–Trinajstić information content (AvgIpc) is 3.47. The fourth-order valence-corrected chi connectivity index (χ4v) is 4.34. The second kappa shape index (κ2) is 8.10. The molecule has 1 aromatic carbocycles. The molecule has 3 heterocycles. The molecular weight excluding hydrogens is 421 g/mol. The van der Waals surface area contributed by atoms with E-state index in [1.54, 1.807) is 23.9 Å². The topological polar surface area (TPSA) is 81.4 Å². The molecule has 33 heavy (non-hydrogen) atoms. The Balaban J connectivity index is 1.53. The number of Topliss-reactive ketones (excluding diaryl/α,β-unsaturated/α-hetero) is 1. The Kier molecular flexibility index (Phi) is 5.23. The number of pyridine rings is 1. The first-order chi connectivity index (χ1) is 15.8. The lowest BCUT2D eigenvalue weighted by molar-refractivity contribution is -0.119. The van der Waals surface area contributed by atoms with Crippen LogP contribution in [-0.2, 0) is 24.7 Å². The number of aliphatic imine (C=N–C) groups is 1. The van der Waals surface area contributed by atoms with Crippen molar-refractivity contribution in [1.29, 1.82) is 0 Å². The maximum absolute atomic E-state index is 15.5. The third-order valence-corrected chi connectivity index (χ3v) is 6.07. The van der Waals surface area contributed by atoms with Crippen molar-refractivity contribution in [2.75, 3.05) is 12.4 Å². The highest BCUT2D eigenvalue weighted by Crippen LogP contribution is 2.41. The van der Waals surface area contributed by atoms with Gasteiger partial charge in [0, 0.05) is 43.3 Å². The smallest absolute Gasteiger partial charge is 0.178 e. The molecule has 3 aromatic rings. The molecule has 0 radical (unpaired) electrons. The van der Waals surface area contributed by atoms with Gasteiger partial charge in [-0.1, -0.05) is 0 Å². The number of methoxy groups -OCH3 is 1. The summed E-state index contributed by atoms with van der Waals surface area (Å²) in [5.74, 6) is 0.00483. The molecule has 1 N–H and O–H groups in total. The van der Waals surface area contributed by atoms with Gasteiger partial charge in [-0.3, -0.25) is 19.5 Å². The first kappa shape index (κ1) is 21.3. The number of halogens is 1. The van der Waals surface area contributed by atoms with Crippen molar-refractivity contribution in [2.45, 2.75) is 39.5 Å². The Labute approximate surface area is 191 Å². The molecule has 2 aromatic heterocycles. The number of hydrogen-bond donors (Lipinski definition) is 1. The lowest BCUT2D eigenvalue weighted by Gasteiger charge is -2.16. The van der Waals surface area contributed by atoms with E-state index >= 15 is 4.39 Å². The van der Waals surface area contributed by atoms with Crippen molar-refractivity contribution in [3.63, 3.8) is 0 Å². The van der Waals surface area contributed by atoms with E-state index in [-0.39, 0.29) is 17.5 Å². The van der Waals surface area contributed by atoms with Gasteiger partial charge < -0.3 is 10.1 Å². The number of benzene rings is 1. The number of aromatic nitrogens is 3. The second-order valence-corrected chi connectivity index (χ2v) is 8.86. The van der Waals surface area contributed by atoms with E-state index < -0.39 is 5.82 Å². The van der Waals surface area contributed by atoms with Crippen LogP contribution < -0.4 is 10.1 Å². The predicted octanol–water partition coefficient (Wildman–Crippen LogP) is 4.85. The Morgan fingerprint density at radius 2 is 2.06 bits per heavy atom. The van der Waals surface area contributed by atoms with E-state index in [2.05, 4.69) is 15.4 Å². The molecular formula is C25H26FN5O2. The highest BCUT2D eigenvalue weighted by molar-refractivity contribution is 5.96. The highest BCUT2D eigenvalue weighted by Gasteiger charge is 2.30. The van der Waals surface area contributed by atoms with Gasteiger partial charge in [0.05, 0.1) is 35.6 Å². The predicted molar refractivity (Wildman–Crippen MR) is 125 cm³/mol. The van der Waals surface area contributed by atoms with E-state index in [4.69, 9.17) is 9.72 Å². The largest absolute Gasteiger partial charge is 0.492 e. The normalized spacial score (nSPS) is 14.8. The van der Waals surface area contributed by atoms with Crippen LogP contribution in [0.3, 0.4) is 0 Å². The summed E-state index contributed by atoms with van der Waals surface area (Å²) in [7, 11) is 3.25. The summed E-state index contributed by atoms with van der Waals surface area (Å²) in [4.78, 5) is 21.7. The summed E-state index contributed by atoms with van der Waals surface area (Å²) >= 11 is 0. The van der Waals surface area contributed by atoms with Crippen molar-refractivity contribution in [3.8, 4) is 17.0 Å². The van der Waals surface area contributed by atoms with Gasteiger partial charge in [0.2, 0.25) is 0 Å². The van der Waals surface area contributed by atoms with Gasteiger partial charge >= 0.3 is 0 Å². The third-order valence-electron chi connectivity index (χ3n) is 6.07. The number of aryl methyl sites for hydroxylation is 2. The number of nitrogens with one attached hydrogen (secondary N) is 1. The Bertz CT molecular complexity index is 1310. The summed E-state index contributed by atoms with van der Waals surface area (Å²) in [6.45, 7) is 3.84. The molecule has 0 spiro atoms. The van der Waals surface area contributed by atoms with Gasteiger partial charge in [0.25, 0.3) is 0 Å². The summed E-state index contributed by atoms with van der Waals surface area (Å²) in [5.41, 5.74) is 6.20. The van der Waals surface area contributed by atoms with Crippen LogP contribution in [0, 0.1) is 18.7 Å². The average molecular weight is 448 g/mol. The zero-order chi connectivity index (χ0) is 23.3. The quantitative estimate of drug-likeness (QED) is 0.560. The van der Waals surface area contributed by atoms with E-state index in [1.165, 1.54) is 7.11 Å². The molecule has 0 unspecified atom stereocenters. The fraction of sp³-hybridized carbons (Fsp3) is 0.360. The van der Waals surface area contributed by atoms with Crippen molar-refractivity contribution in [2.24, 2.45) is 18.0 Å². The number of ether oxygens (including phenoxy) is 1. The third kappa shape index (κ3) is 4.01. The van der Waals surface area contributed by atoms with Crippen molar-refractivity contribution < 1.29 is 13.9 Å². The monoisotopic (exact) mass is 447 g/mol. The number of anilines is 2. The standard InChI is InChI=1S/C25H26FN5O2/c1-13-12-31(3)30-23(13)17-7-8-18(25(33-4)22(17)26)29-20-10-16(11-21(32)15-5-6-15)28-19-9-14(2)27-24(19)20/h7-8,10,12,15H,5-6,9,11H2,1-4H3,(H,28,29). The lowest BCUT2D eigenvalue weighted by atomic mass is 10.1. The molecule has 0 saturated heterocycles. The lowest BCUT2D eigenvalue weighted by Crippen LogP contribution is -2.08. The van der Waals surface area contributed by atoms with Gasteiger partial charge in [-0.2, -0.15) is 5.10 Å². The van der Waals surface area contributed by atoms with Crippen LogP contribution in [0.1, 0.15) is 36.7 Å². The molecule has 8 heteroatoms. The van der Waals surface area contributed by atoms with Gasteiger partial charge in [-0.25, -0.2) is 4.39 Å². The molecule has 2 aliphatic rings. The maximum Gasteiger partial charge on any atom is 0.178 e. The van der Waals surface area contributed by atoms with Crippen LogP contribution in [0.25, 0.3) is 11.3 Å². The summed E-state index contributed by atoms with van der Waals surface area (Å²) in [5, 5.41) is 7.68. The zero-order valence-electron chi connectivity index (χ0n) is 19.2. The number of ketones is 1. The van der Waals surface area contributed by atoms with E-state index in [1.807, 2.05) is 26.1 Å². The number of fused-ring (bicyclic) bond motifs is 1. The van der Waals surface area contributed by atoms with Crippen molar-refractivity contribution >= 4 is 28.6 Å². The molecule has 7 nitrogen and oxygen atoms in total. The molecule has 5 rings (SSSR count). The summed E-state index contributed by atoms with van der Waals surface area (Å²) in [6, 6.07) is 5.32. The summed E-state index contributed by atoms with van der Waals surface area (Å²) in [6.07, 6.45) is 4.72. The minimum atomic E-state index is -0.487. The minimum Gasteiger partial charge on any atom is -0.492 e. The van der Waals surface area contributed by atoms with E-state index in [9.17, 15) is 4.79 Å². The molecule has 0 bridgehead atoms. The van der Waals surface area contributed by atoms with Crippen LogP contribution in [0.2, 0.25) is 0 Å². The number of carbonyl (C=O) groups excluding carboxylic acids is 1. The second-order valence-electron chi connectivity index (χ2n) is 8.86. The van der Waals surface area contributed by atoms with E-state index in [0.29, 0.717) is 41.2 Å². The number of carbonyl (C=O) groups is 1. The van der Waals surface area contributed by atoms with Gasteiger partial charge in [0.1, 0.15) is 11.5 Å². The van der Waals surface area contributed by atoms with Crippen molar-refractivity contribution in [1.82, 2.24) is 14.8 Å². The molecule has 1 saturated carbocycles. The van der Waals surface area contributed by atoms with Crippen LogP contribution in [0.15, 0.2) is 29.4 Å². The maximum atomic E-state index is 15.5. The molecule has 1 aliphatic carbocycles. The first-order valence-corrected chi connectivity index (χ1v) is 11.1. The molecule has 1 aliphatic heterocycles. The molecule has 0 atom stereocenters. The zero-order valence-corrected chi connectivity index (χ0v) is 19.2. The molecule has 1 fully saturated rings. The Morgan fingerprint density at radius 1 is 1.27 bits per heavy atom. The van der Waals surface area contributed by atoms with Gasteiger partial charge in [-0.05, 0) is 50.5 Å². The molecule has 0 amide bonds. The number of hydrogen-bond acceptors (Lipinski definition) is 6. The first-order valence-electron chi connectivity index (χ1n) is 11.1. The van der Waals surface area contributed by atoms with Gasteiger partial charge in [-0.15, -0.1) is 0 Å². The highest BCUT2D eigenvalue weighted by atomic mass is 19.1. The molecule has 170 valence electrons. The van der Waals surface area contributed by atoms with Gasteiger partial charge in [0.15, 0.2) is 11.6 Å². The number of rotatable bonds is 7. The van der Waals surface area contributed by atoms with Crippen LogP contribution in [0.5, 0.6) is 5.75 Å². The van der Waals surface area contributed by atoms with Crippen LogP contribution >= 0.6 is 0 Å². The SMILES string of the molecule is COc1c(Nc2cc(CC(=O)C3CC3)nc3c2N=C(C)C3)ccc(-c2nn(C)cc2C)c1F. The Morgan fingerprint density at radius 3 is 2.73 bits per heavy atom. The van der Waals surface area contributed by atoms with Crippen LogP contribution in [-0.4, -0.2) is 33.4 Å². The van der Waals surface area contributed by atoms with Crippen LogP contribution in [0.4, 0.5) is 21.5 Å².